The van der Waals surface area contributed by atoms with Gasteiger partial charge in [0.15, 0.2) is 5.69 Å². The number of carbonyl (C=O) groups is 1. The number of nitrogens with zero attached hydrogens (tertiary/aromatic N) is 2. The Morgan fingerprint density at radius 1 is 1.56 bits per heavy atom. The number of hydrogen-bond acceptors (Lipinski definition) is 3. The van der Waals surface area contributed by atoms with Crippen LogP contribution in [-0.4, -0.2) is 32.1 Å². The summed E-state index contributed by atoms with van der Waals surface area (Å²) in [5.74, 6) is -1.23. The summed E-state index contributed by atoms with van der Waals surface area (Å²) in [6.45, 7) is -0.289. The number of alkyl halides is 3. The summed E-state index contributed by atoms with van der Waals surface area (Å²) in [4.78, 5) is 10.2. The zero-order chi connectivity index (χ0) is 12.3. The first kappa shape index (κ1) is 12.5. The van der Waals surface area contributed by atoms with E-state index in [-0.39, 0.29) is 6.54 Å². The van der Waals surface area contributed by atoms with E-state index in [9.17, 15) is 18.0 Å². The minimum atomic E-state index is -4.54. The topological polar surface area (TPSA) is 75.3 Å². The van der Waals surface area contributed by atoms with Crippen molar-refractivity contribution >= 4 is 5.97 Å². The van der Waals surface area contributed by atoms with Crippen LogP contribution in [0.2, 0.25) is 0 Å². The maximum Gasteiger partial charge on any atom is 0.435 e. The van der Waals surface area contributed by atoms with E-state index >= 15 is 0 Å². The molecule has 1 rings (SSSR count). The molecule has 0 aromatic carbocycles. The van der Waals surface area contributed by atoms with Crippen molar-refractivity contribution in [1.82, 2.24) is 9.78 Å². The molecule has 0 saturated heterocycles. The van der Waals surface area contributed by atoms with Crippen molar-refractivity contribution in [3.8, 4) is 0 Å². The highest BCUT2D eigenvalue weighted by atomic mass is 19.4. The second-order valence-corrected chi connectivity index (χ2v) is 3.17. The molecule has 0 spiro atoms. The number of aliphatic hydroxyl groups is 1. The van der Waals surface area contributed by atoms with Crippen molar-refractivity contribution in [2.75, 3.05) is 0 Å². The minimum absolute atomic E-state index is 0.289. The minimum Gasteiger partial charge on any atom is -0.481 e. The van der Waals surface area contributed by atoms with Crippen molar-refractivity contribution in [1.29, 1.82) is 0 Å². The fourth-order valence-electron chi connectivity index (χ4n) is 1.10. The molecule has 0 aliphatic carbocycles. The van der Waals surface area contributed by atoms with Crippen LogP contribution < -0.4 is 0 Å². The van der Waals surface area contributed by atoms with Gasteiger partial charge in [-0.05, 0) is 6.07 Å². The van der Waals surface area contributed by atoms with Crippen molar-refractivity contribution in [2.45, 2.75) is 25.2 Å². The number of halogens is 3. The second-order valence-electron chi connectivity index (χ2n) is 3.17. The van der Waals surface area contributed by atoms with Crippen LogP contribution in [0, 0.1) is 0 Å². The van der Waals surface area contributed by atoms with Crippen LogP contribution in [0.15, 0.2) is 12.3 Å². The molecule has 1 heterocycles. The Hall–Kier alpha value is -1.57. The van der Waals surface area contributed by atoms with Gasteiger partial charge >= 0.3 is 12.1 Å². The first-order valence-electron chi connectivity index (χ1n) is 4.29. The second kappa shape index (κ2) is 4.52. The van der Waals surface area contributed by atoms with E-state index < -0.39 is 30.4 Å². The number of hydrogen-bond donors (Lipinski definition) is 2. The normalized spacial score (nSPS) is 13.8. The average molecular weight is 238 g/mol. The quantitative estimate of drug-likeness (QED) is 0.811. The van der Waals surface area contributed by atoms with Crippen LogP contribution in [0.3, 0.4) is 0 Å². The Kier molecular flexibility index (Phi) is 3.53. The molecule has 0 saturated carbocycles. The first-order chi connectivity index (χ1) is 7.29. The lowest BCUT2D eigenvalue weighted by atomic mass is 10.2. The lowest BCUT2D eigenvalue weighted by Gasteiger charge is -2.07. The predicted molar refractivity (Wildman–Crippen MR) is 45.5 cm³/mol. The lowest BCUT2D eigenvalue weighted by molar-refractivity contribution is -0.142. The number of rotatable bonds is 4. The third-order valence-electron chi connectivity index (χ3n) is 1.74. The smallest absolute Gasteiger partial charge is 0.435 e. The molecule has 5 nitrogen and oxygen atoms in total. The Morgan fingerprint density at radius 2 is 2.19 bits per heavy atom. The number of aromatic nitrogens is 2. The first-order valence-corrected chi connectivity index (χ1v) is 4.29. The summed E-state index contributed by atoms with van der Waals surface area (Å²) in [6.07, 6.45) is -5.31. The van der Waals surface area contributed by atoms with Gasteiger partial charge < -0.3 is 10.2 Å². The van der Waals surface area contributed by atoms with Crippen molar-refractivity contribution in [3.63, 3.8) is 0 Å². The fourth-order valence-corrected chi connectivity index (χ4v) is 1.10. The highest BCUT2D eigenvalue weighted by Crippen LogP contribution is 2.27. The highest BCUT2D eigenvalue weighted by molar-refractivity contribution is 5.67. The van der Waals surface area contributed by atoms with E-state index in [1.165, 1.54) is 0 Å². The highest BCUT2D eigenvalue weighted by Gasteiger charge is 2.33. The maximum absolute atomic E-state index is 12.1. The van der Waals surface area contributed by atoms with E-state index in [0.29, 0.717) is 0 Å². The number of aliphatic hydroxyl groups excluding tert-OH is 1. The molecule has 1 aromatic rings. The molecule has 90 valence electrons. The van der Waals surface area contributed by atoms with Gasteiger partial charge in [0.1, 0.15) is 0 Å². The Morgan fingerprint density at radius 3 is 2.62 bits per heavy atom. The van der Waals surface area contributed by atoms with Crippen LogP contribution >= 0.6 is 0 Å². The average Bonchev–Trinajstić information content (AvgIpc) is 2.49. The standard InChI is InChI=1S/C8H9F3N2O3/c9-8(10,11)6-1-2-13(12-6)4-5(14)3-7(15)16/h1-2,5,14H,3-4H2,(H,15,16). The molecule has 1 unspecified atom stereocenters. The molecule has 2 N–H and O–H groups in total. The van der Waals surface area contributed by atoms with Crippen LogP contribution in [0.1, 0.15) is 12.1 Å². The van der Waals surface area contributed by atoms with Gasteiger partial charge in [-0.1, -0.05) is 0 Å². The SMILES string of the molecule is O=C(O)CC(O)Cn1ccc(C(F)(F)F)n1. The molecule has 16 heavy (non-hydrogen) atoms. The Labute approximate surface area is 88.1 Å². The summed E-state index contributed by atoms with van der Waals surface area (Å²) in [6, 6.07) is 0.757. The summed E-state index contributed by atoms with van der Waals surface area (Å²) in [5, 5.41) is 20.7. The third-order valence-corrected chi connectivity index (χ3v) is 1.74. The largest absolute Gasteiger partial charge is 0.481 e. The molecular weight excluding hydrogens is 229 g/mol. The zero-order valence-electron chi connectivity index (χ0n) is 7.98. The van der Waals surface area contributed by atoms with Crippen LogP contribution in [-0.2, 0) is 17.5 Å². The van der Waals surface area contributed by atoms with Gasteiger partial charge in [-0.2, -0.15) is 18.3 Å². The van der Waals surface area contributed by atoms with Gasteiger partial charge in [0.2, 0.25) is 0 Å². The van der Waals surface area contributed by atoms with Crippen molar-refractivity contribution < 1.29 is 28.2 Å². The molecule has 0 amide bonds. The zero-order valence-corrected chi connectivity index (χ0v) is 7.98. The van der Waals surface area contributed by atoms with Crippen molar-refractivity contribution in [3.05, 3.63) is 18.0 Å². The van der Waals surface area contributed by atoms with Gasteiger partial charge in [-0.3, -0.25) is 9.48 Å². The van der Waals surface area contributed by atoms with Gasteiger partial charge in [0, 0.05) is 6.20 Å². The maximum atomic E-state index is 12.1. The lowest BCUT2D eigenvalue weighted by Crippen LogP contribution is -2.20. The Bertz CT molecular complexity index is 375. The molecule has 8 heteroatoms. The molecule has 0 bridgehead atoms. The van der Waals surface area contributed by atoms with Crippen molar-refractivity contribution in [2.24, 2.45) is 0 Å². The summed E-state index contributed by atoms with van der Waals surface area (Å²) in [7, 11) is 0. The summed E-state index contributed by atoms with van der Waals surface area (Å²) >= 11 is 0. The number of carboxylic acid groups (broad SMARTS) is 1. The molecule has 0 aliphatic heterocycles. The van der Waals surface area contributed by atoms with E-state index in [1.807, 2.05) is 0 Å². The van der Waals surface area contributed by atoms with Gasteiger partial charge in [-0.15, -0.1) is 0 Å². The van der Waals surface area contributed by atoms with Crippen LogP contribution in [0.4, 0.5) is 13.2 Å². The molecular formula is C8H9F3N2O3. The van der Waals surface area contributed by atoms with Gasteiger partial charge in [-0.25, -0.2) is 0 Å². The molecule has 0 aliphatic rings. The number of aliphatic carboxylic acids is 1. The summed E-state index contributed by atoms with van der Waals surface area (Å²) in [5.41, 5.74) is -1.07. The van der Waals surface area contributed by atoms with Crippen LogP contribution in [0.25, 0.3) is 0 Å². The van der Waals surface area contributed by atoms with Crippen LogP contribution in [0.5, 0.6) is 0 Å². The molecule has 0 fully saturated rings. The predicted octanol–water partition coefficient (Wildman–Crippen LogP) is 0.737. The third kappa shape index (κ3) is 3.54. The monoisotopic (exact) mass is 238 g/mol. The summed E-state index contributed by atoms with van der Waals surface area (Å²) < 4.78 is 37.2. The van der Waals surface area contributed by atoms with E-state index in [2.05, 4.69) is 5.10 Å². The van der Waals surface area contributed by atoms with E-state index in [4.69, 9.17) is 10.2 Å². The Balaban J connectivity index is 2.62. The number of carboxylic acids is 1. The van der Waals surface area contributed by atoms with Gasteiger partial charge in [0.05, 0.1) is 19.1 Å². The van der Waals surface area contributed by atoms with E-state index in [1.54, 1.807) is 0 Å². The van der Waals surface area contributed by atoms with Gasteiger partial charge in [0.25, 0.3) is 0 Å². The van der Waals surface area contributed by atoms with E-state index in [0.717, 1.165) is 16.9 Å². The molecule has 1 atom stereocenters. The molecule has 0 radical (unpaired) electrons. The molecule has 1 aromatic heterocycles. The fraction of sp³-hybridized carbons (Fsp3) is 0.500.